The summed E-state index contributed by atoms with van der Waals surface area (Å²) in [6.07, 6.45) is 3.23. The van der Waals surface area contributed by atoms with Crippen LogP contribution in [0.5, 0.6) is 0 Å². The van der Waals surface area contributed by atoms with Crippen LogP contribution in [0.2, 0.25) is 0 Å². The van der Waals surface area contributed by atoms with Crippen molar-refractivity contribution in [3.8, 4) is 0 Å². The second-order valence-electron chi connectivity index (χ2n) is 5.76. The fourth-order valence-electron chi connectivity index (χ4n) is 2.05. The van der Waals surface area contributed by atoms with Crippen molar-refractivity contribution in [2.24, 2.45) is 0 Å². The molecule has 2 aromatic heterocycles. The number of pyridine rings is 1. The van der Waals surface area contributed by atoms with Gasteiger partial charge in [0.1, 0.15) is 17.6 Å². The fraction of sp³-hybridized carbons (Fsp3) is 0.353. The maximum absolute atomic E-state index is 12.0. The summed E-state index contributed by atoms with van der Waals surface area (Å²) >= 11 is 0. The summed E-state index contributed by atoms with van der Waals surface area (Å²) < 4.78 is 5.14. The zero-order chi connectivity index (χ0) is 18.2. The van der Waals surface area contributed by atoms with Crippen molar-refractivity contribution in [2.45, 2.75) is 26.1 Å². The molecule has 0 aliphatic rings. The number of urea groups is 1. The number of carbonyl (C=O) groups is 2. The molecule has 2 heterocycles. The average Bonchev–Trinajstić information content (AvgIpc) is 3.11. The highest BCUT2D eigenvalue weighted by molar-refractivity contribution is 5.86. The van der Waals surface area contributed by atoms with Crippen molar-refractivity contribution in [3.63, 3.8) is 0 Å². The van der Waals surface area contributed by atoms with Gasteiger partial charge in [0, 0.05) is 26.8 Å². The Kier molecular flexibility index (Phi) is 6.39. The first-order valence-corrected chi connectivity index (χ1v) is 7.92. The molecular formula is C17H23N5O3. The van der Waals surface area contributed by atoms with Gasteiger partial charge in [-0.1, -0.05) is 0 Å². The Hall–Kier alpha value is -3.03. The molecule has 1 atom stereocenters. The van der Waals surface area contributed by atoms with E-state index in [9.17, 15) is 9.59 Å². The summed E-state index contributed by atoms with van der Waals surface area (Å²) in [5.41, 5.74) is 0.920. The maximum atomic E-state index is 12.0. The molecule has 0 aromatic carbocycles. The number of nitrogens with one attached hydrogen (secondary N) is 3. The molecule has 0 aliphatic carbocycles. The predicted octanol–water partition coefficient (Wildman–Crippen LogP) is 1.24. The van der Waals surface area contributed by atoms with Crippen molar-refractivity contribution in [3.05, 3.63) is 48.0 Å². The Bertz CT molecular complexity index is 700. The van der Waals surface area contributed by atoms with Gasteiger partial charge in [0.25, 0.3) is 0 Å². The van der Waals surface area contributed by atoms with Crippen molar-refractivity contribution < 1.29 is 14.0 Å². The maximum Gasteiger partial charge on any atom is 0.315 e. The molecule has 0 radical (unpaired) electrons. The molecule has 2 aromatic rings. The highest BCUT2D eigenvalue weighted by Gasteiger charge is 2.15. The van der Waals surface area contributed by atoms with Crippen LogP contribution in [0.4, 0.5) is 10.6 Å². The molecule has 3 N–H and O–H groups in total. The van der Waals surface area contributed by atoms with Crippen LogP contribution in [0.3, 0.4) is 0 Å². The highest BCUT2D eigenvalue weighted by atomic mass is 16.3. The minimum absolute atomic E-state index is 0.282. The first-order chi connectivity index (χ1) is 12.0. The second kappa shape index (κ2) is 8.72. The molecule has 134 valence electrons. The zero-order valence-electron chi connectivity index (χ0n) is 14.6. The molecule has 25 heavy (non-hydrogen) atoms. The summed E-state index contributed by atoms with van der Waals surface area (Å²) in [4.78, 5) is 30.0. The van der Waals surface area contributed by atoms with Gasteiger partial charge in [0.15, 0.2) is 0 Å². The van der Waals surface area contributed by atoms with Crippen LogP contribution >= 0.6 is 0 Å². The van der Waals surface area contributed by atoms with Crippen LogP contribution in [0.15, 0.2) is 41.1 Å². The van der Waals surface area contributed by atoms with Gasteiger partial charge in [0.05, 0.1) is 12.8 Å². The van der Waals surface area contributed by atoms with Gasteiger partial charge in [-0.3, -0.25) is 4.79 Å². The van der Waals surface area contributed by atoms with E-state index in [0.29, 0.717) is 12.3 Å². The standard InChI is InChI=1S/C17H23N5O3/c1-12(16(23)19-11-14-5-4-8-25-14)21-17(24)20-10-13-6-7-18-15(9-13)22(2)3/h4-9,12H,10-11H2,1-3H3,(H,19,23)(H2,20,21,24)/t12-/m1/s1. The Morgan fingerprint density at radius 3 is 2.72 bits per heavy atom. The Labute approximate surface area is 146 Å². The zero-order valence-corrected chi connectivity index (χ0v) is 14.6. The van der Waals surface area contributed by atoms with E-state index in [0.717, 1.165) is 11.4 Å². The first-order valence-electron chi connectivity index (χ1n) is 7.92. The van der Waals surface area contributed by atoms with E-state index in [2.05, 4.69) is 20.9 Å². The number of hydrogen-bond donors (Lipinski definition) is 3. The summed E-state index contributed by atoms with van der Waals surface area (Å²) in [5, 5.41) is 8.02. The lowest BCUT2D eigenvalue weighted by Crippen LogP contribution is -2.48. The molecule has 2 rings (SSSR count). The third-order valence-electron chi connectivity index (χ3n) is 3.48. The first kappa shape index (κ1) is 18.3. The number of nitrogens with zero attached hydrogens (tertiary/aromatic N) is 2. The van der Waals surface area contributed by atoms with Crippen LogP contribution in [0.1, 0.15) is 18.2 Å². The van der Waals surface area contributed by atoms with Gasteiger partial charge in [0.2, 0.25) is 5.91 Å². The quantitative estimate of drug-likeness (QED) is 0.701. The number of rotatable bonds is 7. The van der Waals surface area contributed by atoms with Crippen LogP contribution in [-0.2, 0) is 17.9 Å². The molecule has 0 spiro atoms. The number of furan rings is 1. The third kappa shape index (κ3) is 5.83. The van der Waals surface area contributed by atoms with Crippen LogP contribution in [-0.4, -0.2) is 37.1 Å². The normalized spacial score (nSPS) is 11.5. The summed E-state index contributed by atoms with van der Waals surface area (Å²) in [5.74, 6) is 1.18. The molecular weight excluding hydrogens is 322 g/mol. The Morgan fingerprint density at radius 1 is 1.24 bits per heavy atom. The van der Waals surface area contributed by atoms with Crippen molar-refractivity contribution in [1.29, 1.82) is 0 Å². The fourth-order valence-corrected chi connectivity index (χ4v) is 2.05. The van der Waals surface area contributed by atoms with Gasteiger partial charge in [-0.05, 0) is 36.8 Å². The lowest BCUT2D eigenvalue weighted by atomic mass is 10.2. The topological polar surface area (TPSA) is 99.5 Å². The molecule has 0 bridgehead atoms. The van der Waals surface area contributed by atoms with Crippen LogP contribution < -0.4 is 20.9 Å². The summed E-state index contributed by atoms with van der Waals surface area (Å²) in [7, 11) is 3.80. The second-order valence-corrected chi connectivity index (χ2v) is 5.76. The van der Waals surface area contributed by atoms with E-state index < -0.39 is 12.1 Å². The molecule has 3 amide bonds. The lowest BCUT2D eigenvalue weighted by Gasteiger charge is -2.15. The van der Waals surface area contributed by atoms with Crippen molar-refractivity contribution in [2.75, 3.05) is 19.0 Å². The number of carbonyl (C=O) groups excluding carboxylic acids is 2. The minimum atomic E-state index is -0.662. The Balaban J connectivity index is 1.75. The van der Waals surface area contributed by atoms with E-state index in [1.807, 2.05) is 31.1 Å². The molecule has 8 heteroatoms. The van der Waals surface area contributed by atoms with E-state index in [1.54, 1.807) is 25.3 Å². The van der Waals surface area contributed by atoms with Gasteiger partial charge in [-0.2, -0.15) is 0 Å². The third-order valence-corrected chi connectivity index (χ3v) is 3.48. The van der Waals surface area contributed by atoms with Gasteiger partial charge in [-0.15, -0.1) is 0 Å². The van der Waals surface area contributed by atoms with E-state index in [1.165, 1.54) is 6.26 Å². The van der Waals surface area contributed by atoms with E-state index >= 15 is 0 Å². The van der Waals surface area contributed by atoms with Gasteiger partial charge < -0.3 is 25.3 Å². The Morgan fingerprint density at radius 2 is 2.04 bits per heavy atom. The lowest BCUT2D eigenvalue weighted by molar-refractivity contribution is -0.122. The van der Waals surface area contributed by atoms with E-state index in [4.69, 9.17) is 4.42 Å². The largest absolute Gasteiger partial charge is 0.467 e. The van der Waals surface area contributed by atoms with Gasteiger partial charge in [-0.25, -0.2) is 9.78 Å². The van der Waals surface area contributed by atoms with E-state index in [-0.39, 0.29) is 12.5 Å². The molecule has 8 nitrogen and oxygen atoms in total. The smallest absolute Gasteiger partial charge is 0.315 e. The molecule has 0 fully saturated rings. The van der Waals surface area contributed by atoms with Crippen LogP contribution in [0, 0.1) is 0 Å². The number of aromatic nitrogens is 1. The number of anilines is 1. The minimum Gasteiger partial charge on any atom is -0.467 e. The summed E-state index contributed by atoms with van der Waals surface area (Å²) in [6, 6.07) is 6.15. The van der Waals surface area contributed by atoms with Gasteiger partial charge >= 0.3 is 6.03 Å². The molecule has 0 unspecified atom stereocenters. The molecule has 0 aliphatic heterocycles. The molecule has 0 saturated carbocycles. The highest BCUT2D eigenvalue weighted by Crippen LogP contribution is 2.09. The molecule has 0 saturated heterocycles. The average molecular weight is 345 g/mol. The van der Waals surface area contributed by atoms with Crippen molar-refractivity contribution >= 4 is 17.8 Å². The number of hydrogen-bond acceptors (Lipinski definition) is 5. The van der Waals surface area contributed by atoms with Crippen LogP contribution in [0.25, 0.3) is 0 Å². The number of amides is 3. The summed E-state index contributed by atoms with van der Waals surface area (Å²) in [6.45, 7) is 2.24. The van der Waals surface area contributed by atoms with Crippen molar-refractivity contribution in [1.82, 2.24) is 20.9 Å². The SMILES string of the molecule is C[C@@H](NC(=O)NCc1ccnc(N(C)C)c1)C(=O)NCc1ccco1. The monoisotopic (exact) mass is 345 g/mol. The predicted molar refractivity (Wildman–Crippen MR) is 94.0 cm³/mol.